The second-order valence-electron chi connectivity index (χ2n) is 8.98. The van der Waals surface area contributed by atoms with E-state index in [4.69, 9.17) is 25.8 Å². The predicted octanol–water partition coefficient (Wildman–Crippen LogP) is 3.43. The summed E-state index contributed by atoms with van der Waals surface area (Å²) in [7, 11) is 0. The zero-order valence-corrected chi connectivity index (χ0v) is 20.1. The number of H-pyrrole nitrogens is 1. The van der Waals surface area contributed by atoms with Crippen molar-refractivity contribution < 1.29 is 19.3 Å². The van der Waals surface area contributed by atoms with E-state index in [9.17, 15) is 5.11 Å². The van der Waals surface area contributed by atoms with Crippen molar-refractivity contribution in [3.05, 3.63) is 72.1 Å². The summed E-state index contributed by atoms with van der Waals surface area (Å²) in [5.74, 6) is 0.755. The monoisotopic (exact) mass is 516 g/mol. The number of halogens is 1. The van der Waals surface area contributed by atoms with E-state index in [1.165, 1.54) is 0 Å². The van der Waals surface area contributed by atoms with E-state index in [0.29, 0.717) is 34.5 Å². The highest BCUT2D eigenvalue weighted by Crippen LogP contribution is 2.33. The predicted molar refractivity (Wildman–Crippen MR) is 135 cm³/mol. The molecule has 10 nitrogen and oxygen atoms in total. The van der Waals surface area contributed by atoms with Gasteiger partial charge in [0.1, 0.15) is 18.3 Å². The topological polar surface area (TPSA) is 120 Å². The molecular formula is C26H21ClN6O4. The van der Waals surface area contributed by atoms with Crippen molar-refractivity contribution in [2.24, 2.45) is 0 Å². The third-order valence-electron chi connectivity index (χ3n) is 6.63. The van der Waals surface area contributed by atoms with Crippen molar-refractivity contribution in [1.29, 1.82) is 0 Å². The summed E-state index contributed by atoms with van der Waals surface area (Å²) in [5.41, 5.74) is 4.64. The van der Waals surface area contributed by atoms with Crippen LogP contribution in [0.5, 0.6) is 6.01 Å². The van der Waals surface area contributed by atoms with Gasteiger partial charge in [0.25, 0.3) is 6.01 Å². The van der Waals surface area contributed by atoms with Gasteiger partial charge in [-0.3, -0.25) is 0 Å². The molecule has 11 heteroatoms. The van der Waals surface area contributed by atoms with Crippen LogP contribution < -0.4 is 4.74 Å². The molecule has 186 valence electrons. The van der Waals surface area contributed by atoms with Gasteiger partial charge in [-0.05, 0) is 29.8 Å². The number of aliphatic hydroxyl groups is 1. The maximum absolute atomic E-state index is 9.94. The van der Waals surface area contributed by atoms with Gasteiger partial charge in [-0.1, -0.05) is 35.9 Å². The van der Waals surface area contributed by atoms with E-state index in [0.717, 1.165) is 22.5 Å². The smallest absolute Gasteiger partial charge is 0.296 e. The Morgan fingerprint density at radius 1 is 1.00 bits per heavy atom. The molecule has 0 spiro atoms. The Morgan fingerprint density at radius 3 is 2.59 bits per heavy atom. The van der Waals surface area contributed by atoms with Gasteiger partial charge < -0.3 is 24.3 Å². The first-order valence-electron chi connectivity index (χ1n) is 11.8. The van der Waals surface area contributed by atoms with Crippen molar-refractivity contribution in [1.82, 2.24) is 29.7 Å². The minimum absolute atomic E-state index is 0.238. The fraction of sp³-hybridized carbons (Fsp3) is 0.231. The standard InChI is InChI=1S/C26H21ClN6O4/c27-17-10-18-25(32-26(30-18)37-20-13-36-23-19(34)12-35-24(20)23)31-22(17)15-4-2-14(3-5-15)16-6-7-21(28-11-16)33-9-1-8-29-33/h1-11,19-20,23-24,34H,12-13H2,(H,30,31,32)/t19?,20-,23?,24-/m1/s1. The average Bonchev–Trinajstić information content (AvgIpc) is 3.71. The van der Waals surface area contributed by atoms with E-state index < -0.39 is 6.10 Å². The van der Waals surface area contributed by atoms with Crippen LogP contribution in [0.2, 0.25) is 5.02 Å². The van der Waals surface area contributed by atoms with Crippen molar-refractivity contribution in [3.63, 3.8) is 0 Å². The summed E-state index contributed by atoms with van der Waals surface area (Å²) in [6.07, 6.45) is 3.69. The molecule has 2 N–H and O–H groups in total. The molecular weight excluding hydrogens is 496 g/mol. The molecule has 4 aromatic heterocycles. The van der Waals surface area contributed by atoms with Crippen molar-refractivity contribution >= 4 is 22.8 Å². The zero-order chi connectivity index (χ0) is 24.9. The lowest BCUT2D eigenvalue weighted by molar-refractivity contribution is 0.00706. The number of aromatic amines is 1. The molecule has 37 heavy (non-hydrogen) atoms. The fourth-order valence-corrected chi connectivity index (χ4v) is 5.02. The summed E-state index contributed by atoms with van der Waals surface area (Å²) < 4.78 is 18.9. The van der Waals surface area contributed by atoms with E-state index in [1.54, 1.807) is 16.9 Å². The lowest BCUT2D eigenvalue weighted by Crippen LogP contribution is -2.34. The number of hydrogen-bond donors (Lipinski definition) is 2. The van der Waals surface area contributed by atoms with Gasteiger partial charge in [-0.25, -0.2) is 14.6 Å². The zero-order valence-electron chi connectivity index (χ0n) is 19.4. The first kappa shape index (κ1) is 22.4. The molecule has 2 unspecified atom stereocenters. The van der Waals surface area contributed by atoms with Gasteiger partial charge in [0, 0.05) is 29.7 Å². The second kappa shape index (κ2) is 8.93. The van der Waals surface area contributed by atoms with Gasteiger partial charge in [0.15, 0.2) is 17.6 Å². The maximum atomic E-state index is 9.94. The number of ether oxygens (including phenoxy) is 3. The molecule has 5 aromatic rings. The molecule has 2 aliphatic rings. The average molecular weight is 517 g/mol. The third kappa shape index (κ3) is 4.04. The first-order valence-corrected chi connectivity index (χ1v) is 12.2. The number of pyridine rings is 2. The Labute approximate surface area is 215 Å². The molecule has 0 bridgehead atoms. The van der Waals surface area contributed by atoms with E-state index in [-0.39, 0.29) is 24.9 Å². The Balaban J connectivity index is 1.11. The van der Waals surface area contributed by atoms with Crippen molar-refractivity contribution in [2.75, 3.05) is 13.2 Å². The van der Waals surface area contributed by atoms with Crippen LogP contribution in [0, 0.1) is 0 Å². The van der Waals surface area contributed by atoms with Gasteiger partial charge in [-0.15, -0.1) is 0 Å². The summed E-state index contributed by atoms with van der Waals surface area (Å²) >= 11 is 6.59. The van der Waals surface area contributed by atoms with Gasteiger partial charge >= 0.3 is 0 Å². The molecule has 6 heterocycles. The van der Waals surface area contributed by atoms with Crippen molar-refractivity contribution in [3.8, 4) is 34.2 Å². The summed E-state index contributed by atoms with van der Waals surface area (Å²) in [6, 6.07) is 15.8. The number of nitrogens with one attached hydrogen (secondary N) is 1. The number of rotatable bonds is 5. The van der Waals surface area contributed by atoms with Crippen LogP contribution in [0.4, 0.5) is 0 Å². The Kier molecular flexibility index (Phi) is 5.40. The summed E-state index contributed by atoms with van der Waals surface area (Å²) in [4.78, 5) is 16.8. The van der Waals surface area contributed by atoms with E-state index in [2.05, 4.69) is 25.0 Å². The quantitative estimate of drug-likeness (QED) is 0.364. The number of fused-ring (bicyclic) bond motifs is 2. The normalized spacial score (nSPS) is 23.0. The minimum Gasteiger partial charge on any atom is -0.456 e. The van der Waals surface area contributed by atoms with Crippen LogP contribution in [-0.4, -0.2) is 72.5 Å². The van der Waals surface area contributed by atoms with Gasteiger partial charge in [-0.2, -0.15) is 10.1 Å². The molecule has 2 saturated heterocycles. The Morgan fingerprint density at radius 2 is 1.81 bits per heavy atom. The number of nitrogens with zero attached hydrogens (tertiary/aromatic N) is 5. The third-order valence-corrected chi connectivity index (χ3v) is 6.92. The van der Waals surface area contributed by atoms with Gasteiger partial charge in [0.2, 0.25) is 0 Å². The van der Waals surface area contributed by atoms with Gasteiger partial charge in [0.05, 0.1) is 29.4 Å². The highest BCUT2D eigenvalue weighted by atomic mass is 35.5. The largest absolute Gasteiger partial charge is 0.456 e. The maximum Gasteiger partial charge on any atom is 0.296 e. The number of hydrogen-bond acceptors (Lipinski definition) is 8. The van der Waals surface area contributed by atoms with E-state index in [1.807, 2.05) is 54.9 Å². The number of aromatic nitrogens is 6. The number of imidazole rings is 1. The highest BCUT2D eigenvalue weighted by molar-refractivity contribution is 6.33. The fourth-order valence-electron chi connectivity index (χ4n) is 4.76. The lowest BCUT2D eigenvalue weighted by atomic mass is 10.0. The van der Waals surface area contributed by atoms with Crippen LogP contribution >= 0.6 is 11.6 Å². The highest BCUT2D eigenvalue weighted by Gasteiger charge is 2.48. The first-order chi connectivity index (χ1) is 18.1. The van der Waals surface area contributed by atoms with Crippen LogP contribution in [0.15, 0.2) is 67.1 Å². The number of aliphatic hydroxyl groups excluding tert-OH is 1. The molecule has 0 radical (unpaired) electrons. The summed E-state index contributed by atoms with van der Waals surface area (Å²) in [6.45, 7) is 0.554. The molecule has 4 atom stereocenters. The van der Waals surface area contributed by atoms with Crippen LogP contribution in [-0.2, 0) is 9.47 Å². The molecule has 2 fully saturated rings. The minimum atomic E-state index is -0.638. The lowest BCUT2D eigenvalue weighted by Gasteiger charge is -2.15. The van der Waals surface area contributed by atoms with Crippen molar-refractivity contribution in [2.45, 2.75) is 24.4 Å². The molecule has 7 rings (SSSR count). The number of benzene rings is 1. The van der Waals surface area contributed by atoms with E-state index >= 15 is 0 Å². The molecule has 1 aromatic carbocycles. The Hall–Kier alpha value is -3.83. The van der Waals surface area contributed by atoms with Crippen LogP contribution in [0.3, 0.4) is 0 Å². The molecule has 2 aliphatic heterocycles. The second-order valence-corrected chi connectivity index (χ2v) is 9.39. The molecule has 0 aliphatic carbocycles. The molecule has 0 saturated carbocycles. The summed E-state index contributed by atoms with van der Waals surface area (Å²) in [5, 5.41) is 14.6. The van der Waals surface area contributed by atoms with Crippen LogP contribution in [0.25, 0.3) is 39.4 Å². The SMILES string of the molecule is OC1CO[C@H]2C1OC[C@H]2Oc1nc2nc(-c3ccc(-c4ccc(-n5cccn5)nc4)cc3)c(Cl)cc2[nH]1. The Bertz CT molecular complexity index is 1560. The van der Waals surface area contributed by atoms with Crippen LogP contribution in [0.1, 0.15) is 0 Å². The molecule has 0 amide bonds.